The summed E-state index contributed by atoms with van der Waals surface area (Å²) in [7, 11) is 0. The van der Waals surface area contributed by atoms with Crippen molar-refractivity contribution in [2.45, 2.75) is 31.8 Å². The van der Waals surface area contributed by atoms with E-state index in [1.807, 2.05) is 4.90 Å². The number of hydrogen-bond donors (Lipinski definition) is 1. The number of likely N-dealkylation sites (tertiary alicyclic amines) is 1. The Kier molecular flexibility index (Phi) is 3.63. The molecule has 0 bridgehead atoms. The SMILES string of the molecule is O=C(NC[C@@H]1OCCc2sccc21)N1C[C@H]2CCC[C@@H]2C1. The van der Waals surface area contributed by atoms with Gasteiger partial charge in [0.25, 0.3) is 0 Å². The molecule has 0 spiro atoms. The summed E-state index contributed by atoms with van der Waals surface area (Å²) >= 11 is 1.80. The number of rotatable bonds is 2. The highest BCUT2D eigenvalue weighted by molar-refractivity contribution is 7.10. The first-order chi connectivity index (χ1) is 10.3. The lowest BCUT2D eigenvalue weighted by atomic mass is 10.0. The fraction of sp³-hybridized carbons (Fsp3) is 0.688. The van der Waals surface area contributed by atoms with Crippen molar-refractivity contribution in [3.05, 3.63) is 21.9 Å². The molecular weight excluding hydrogens is 284 g/mol. The van der Waals surface area contributed by atoms with Gasteiger partial charge in [-0.15, -0.1) is 11.3 Å². The molecule has 0 radical (unpaired) electrons. The van der Waals surface area contributed by atoms with Gasteiger partial charge >= 0.3 is 6.03 Å². The van der Waals surface area contributed by atoms with E-state index in [2.05, 4.69) is 16.8 Å². The van der Waals surface area contributed by atoms with Crippen molar-refractivity contribution in [1.29, 1.82) is 0 Å². The highest BCUT2D eigenvalue weighted by Crippen LogP contribution is 2.37. The largest absolute Gasteiger partial charge is 0.371 e. The first-order valence-electron chi connectivity index (χ1n) is 8.02. The number of ether oxygens (including phenoxy) is 1. The minimum Gasteiger partial charge on any atom is -0.371 e. The van der Waals surface area contributed by atoms with E-state index in [0.29, 0.717) is 6.54 Å². The lowest BCUT2D eigenvalue weighted by Crippen LogP contribution is -2.41. The van der Waals surface area contributed by atoms with E-state index < -0.39 is 0 Å². The number of urea groups is 1. The van der Waals surface area contributed by atoms with Crippen LogP contribution in [-0.4, -0.2) is 37.2 Å². The molecule has 5 heteroatoms. The predicted octanol–water partition coefficient (Wildman–Crippen LogP) is 2.80. The molecule has 0 aromatic carbocycles. The summed E-state index contributed by atoms with van der Waals surface area (Å²) in [6.45, 7) is 3.26. The molecule has 3 aliphatic rings. The number of nitrogens with zero attached hydrogens (tertiary/aromatic N) is 1. The third-order valence-electron chi connectivity index (χ3n) is 5.23. The standard InChI is InChI=1S/C16H22N2O2S/c19-16(18-9-11-2-1-3-12(11)10-18)17-8-14-13-5-7-21-15(13)4-6-20-14/h5,7,11-12,14H,1-4,6,8-10H2,(H,17,19)/t11-,12-,14+/m1/s1. The van der Waals surface area contributed by atoms with Crippen LogP contribution in [0.15, 0.2) is 11.4 Å². The van der Waals surface area contributed by atoms with Gasteiger partial charge in [0.15, 0.2) is 0 Å². The molecule has 1 saturated heterocycles. The number of thiophene rings is 1. The number of nitrogens with one attached hydrogen (secondary N) is 1. The molecule has 4 rings (SSSR count). The zero-order valence-corrected chi connectivity index (χ0v) is 13.0. The van der Waals surface area contributed by atoms with Crippen LogP contribution < -0.4 is 5.32 Å². The number of carbonyl (C=O) groups excluding carboxylic acids is 1. The van der Waals surface area contributed by atoms with E-state index in [4.69, 9.17) is 4.74 Å². The molecule has 1 saturated carbocycles. The van der Waals surface area contributed by atoms with E-state index >= 15 is 0 Å². The normalized spacial score (nSPS) is 31.0. The summed E-state index contributed by atoms with van der Waals surface area (Å²) in [5, 5.41) is 5.20. The Bertz CT molecular complexity index is 518. The van der Waals surface area contributed by atoms with Crippen molar-refractivity contribution in [2.24, 2.45) is 11.8 Å². The van der Waals surface area contributed by atoms with Gasteiger partial charge in [-0.1, -0.05) is 6.42 Å². The fourth-order valence-electron chi connectivity index (χ4n) is 4.09. The molecule has 4 nitrogen and oxygen atoms in total. The zero-order chi connectivity index (χ0) is 14.2. The van der Waals surface area contributed by atoms with Gasteiger partial charge in [-0.25, -0.2) is 4.79 Å². The summed E-state index contributed by atoms with van der Waals surface area (Å²) in [6, 6.07) is 2.23. The van der Waals surface area contributed by atoms with Gasteiger partial charge in [-0.2, -0.15) is 0 Å². The molecule has 3 heterocycles. The first-order valence-corrected chi connectivity index (χ1v) is 8.90. The quantitative estimate of drug-likeness (QED) is 0.913. The molecule has 1 N–H and O–H groups in total. The average Bonchev–Trinajstić information content (AvgIpc) is 3.18. The zero-order valence-electron chi connectivity index (χ0n) is 12.2. The van der Waals surface area contributed by atoms with E-state index in [1.54, 1.807) is 11.3 Å². The van der Waals surface area contributed by atoms with Crippen LogP contribution >= 0.6 is 11.3 Å². The minimum absolute atomic E-state index is 0.0334. The molecule has 114 valence electrons. The van der Waals surface area contributed by atoms with E-state index in [1.165, 1.54) is 29.7 Å². The lowest BCUT2D eigenvalue weighted by molar-refractivity contribution is 0.0445. The van der Waals surface area contributed by atoms with Crippen molar-refractivity contribution in [2.75, 3.05) is 26.2 Å². The Hall–Kier alpha value is -1.07. The van der Waals surface area contributed by atoms with Gasteiger partial charge in [0.1, 0.15) is 6.10 Å². The van der Waals surface area contributed by atoms with Gasteiger partial charge in [0, 0.05) is 30.9 Å². The van der Waals surface area contributed by atoms with Crippen LogP contribution in [0.1, 0.15) is 35.8 Å². The van der Waals surface area contributed by atoms with Crippen LogP contribution in [0.3, 0.4) is 0 Å². The van der Waals surface area contributed by atoms with Gasteiger partial charge in [-0.05, 0) is 41.7 Å². The minimum atomic E-state index is 0.0334. The Labute approximate surface area is 129 Å². The smallest absolute Gasteiger partial charge is 0.317 e. The molecule has 21 heavy (non-hydrogen) atoms. The number of hydrogen-bond acceptors (Lipinski definition) is 3. The lowest BCUT2D eigenvalue weighted by Gasteiger charge is -2.25. The highest BCUT2D eigenvalue weighted by Gasteiger charge is 2.38. The van der Waals surface area contributed by atoms with Crippen LogP contribution in [0.2, 0.25) is 0 Å². The molecule has 0 unspecified atom stereocenters. The summed E-state index contributed by atoms with van der Waals surface area (Å²) in [5.74, 6) is 1.51. The first kappa shape index (κ1) is 13.6. The Morgan fingerprint density at radius 1 is 1.38 bits per heavy atom. The topological polar surface area (TPSA) is 41.6 Å². The Morgan fingerprint density at radius 2 is 2.19 bits per heavy atom. The molecule has 1 aromatic heterocycles. The van der Waals surface area contributed by atoms with Crippen LogP contribution in [0, 0.1) is 11.8 Å². The van der Waals surface area contributed by atoms with Crippen LogP contribution in [0.25, 0.3) is 0 Å². The number of carbonyl (C=O) groups is 1. The Balaban J connectivity index is 1.33. The fourth-order valence-corrected chi connectivity index (χ4v) is 5.00. The predicted molar refractivity (Wildman–Crippen MR) is 82.5 cm³/mol. The summed E-state index contributed by atoms with van der Waals surface area (Å²) < 4.78 is 5.82. The molecule has 2 aliphatic heterocycles. The highest BCUT2D eigenvalue weighted by atomic mass is 32.1. The maximum Gasteiger partial charge on any atom is 0.317 e. The second kappa shape index (κ2) is 5.61. The average molecular weight is 306 g/mol. The summed E-state index contributed by atoms with van der Waals surface area (Å²) in [4.78, 5) is 15.8. The molecule has 2 fully saturated rings. The summed E-state index contributed by atoms with van der Waals surface area (Å²) in [6.07, 6.45) is 5.00. The number of amides is 2. The molecule has 1 aromatic rings. The van der Waals surface area contributed by atoms with Crippen molar-refractivity contribution >= 4 is 17.4 Å². The van der Waals surface area contributed by atoms with Gasteiger partial charge in [0.05, 0.1) is 6.61 Å². The molecular formula is C16H22N2O2S. The molecule has 2 amide bonds. The third kappa shape index (κ3) is 2.57. The van der Waals surface area contributed by atoms with E-state index in [0.717, 1.165) is 38.0 Å². The van der Waals surface area contributed by atoms with Crippen LogP contribution in [0.4, 0.5) is 4.79 Å². The van der Waals surface area contributed by atoms with Crippen molar-refractivity contribution in [3.8, 4) is 0 Å². The molecule has 1 aliphatic carbocycles. The van der Waals surface area contributed by atoms with Crippen LogP contribution in [-0.2, 0) is 11.2 Å². The number of fused-ring (bicyclic) bond motifs is 2. The van der Waals surface area contributed by atoms with Gasteiger partial charge in [0.2, 0.25) is 0 Å². The Morgan fingerprint density at radius 3 is 3.00 bits per heavy atom. The van der Waals surface area contributed by atoms with Gasteiger partial charge < -0.3 is 15.0 Å². The van der Waals surface area contributed by atoms with Crippen molar-refractivity contribution in [1.82, 2.24) is 10.2 Å². The second-order valence-electron chi connectivity index (χ2n) is 6.45. The van der Waals surface area contributed by atoms with E-state index in [9.17, 15) is 4.79 Å². The maximum absolute atomic E-state index is 12.3. The summed E-state index contributed by atoms with van der Waals surface area (Å²) in [5.41, 5.74) is 1.27. The van der Waals surface area contributed by atoms with E-state index in [-0.39, 0.29) is 12.1 Å². The maximum atomic E-state index is 12.3. The van der Waals surface area contributed by atoms with Crippen molar-refractivity contribution in [3.63, 3.8) is 0 Å². The van der Waals surface area contributed by atoms with Crippen LogP contribution in [0.5, 0.6) is 0 Å². The molecule has 3 atom stereocenters. The monoisotopic (exact) mass is 306 g/mol. The second-order valence-corrected chi connectivity index (χ2v) is 7.45. The van der Waals surface area contributed by atoms with Gasteiger partial charge in [-0.3, -0.25) is 0 Å². The third-order valence-corrected chi connectivity index (χ3v) is 6.22. The van der Waals surface area contributed by atoms with Crippen molar-refractivity contribution < 1.29 is 9.53 Å².